The summed E-state index contributed by atoms with van der Waals surface area (Å²) in [5.41, 5.74) is 22.7. The zero-order valence-corrected chi connectivity index (χ0v) is 37.0. The molecule has 3 aromatic heterocycles. The van der Waals surface area contributed by atoms with E-state index in [9.17, 15) is 0 Å². The summed E-state index contributed by atoms with van der Waals surface area (Å²) in [6.45, 7) is 4.82. The van der Waals surface area contributed by atoms with E-state index in [2.05, 4.69) is 240 Å². The van der Waals surface area contributed by atoms with Crippen LogP contribution in [0.15, 0.2) is 206 Å². The van der Waals surface area contributed by atoms with Crippen molar-refractivity contribution in [3.8, 4) is 50.4 Å². The van der Waals surface area contributed by atoms with Crippen molar-refractivity contribution >= 4 is 60.6 Å². The number of nitrogens with zero attached hydrogens (tertiary/aromatic N) is 3. The zero-order valence-electron chi connectivity index (χ0n) is 37.0. The molecule has 0 fully saturated rings. The summed E-state index contributed by atoms with van der Waals surface area (Å²) >= 11 is 0. The summed E-state index contributed by atoms with van der Waals surface area (Å²) in [5.74, 6) is 0. The van der Waals surface area contributed by atoms with E-state index in [-0.39, 0.29) is 5.41 Å². The van der Waals surface area contributed by atoms with E-state index in [1.54, 1.807) is 0 Å². The third-order valence-corrected chi connectivity index (χ3v) is 14.9. The molecule has 66 heavy (non-hydrogen) atoms. The molecule has 0 spiro atoms. The van der Waals surface area contributed by atoms with Crippen molar-refractivity contribution in [2.24, 2.45) is 0 Å². The van der Waals surface area contributed by atoms with Crippen LogP contribution in [0.25, 0.3) is 111 Å². The Bertz CT molecular complexity index is 4000. The van der Waals surface area contributed by atoms with Gasteiger partial charge in [-0.25, -0.2) is 0 Å². The summed E-state index contributed by atoms with van der Waals surface area (Å²) < 4.78 is 7.34. The monoisotopic (exact) mass is 843 g/mol. The first-order valence-electron chi connectivity index (χ1n) is 23.3. The molecule has 0 bridgehead atoms. The molecule has 0 radical (unpaired) electrons. The molecule has 9 aromatic carbocycles. The molecule has 0 unspecified atom stereocenters. The highest BCUT2D eigenvalue weighted by Gasteiger charge is 2.36. The molecule has 0 amide bonds. The molecule has 3 heteroatoms. The Labute approximate surface area is 383 Å². The third-order valence-electron chi connectivity index (χ3n) is 14.9. The number of hydrogen-bond acceptors (Lipinski definition) is 0. The average molecular weight is 844 g/mol. The van der Waals surface area contributed by atoms with E-state index in [1.165, 1.54) is 127 Å². The number of benzene rings is 9. The highest BCUT2D eigenvalue weighted by molar-refractivity contribution is 6.12. The van der Waals surface area contributed by atoms with Gasteiger partial charge in [0.2, 0.25) is 0 Å². The highest BCUT2D eigenvalue weighted by atomic mass is 15.0. The number of allylic oxidation sites excluding steroid dienone is 1. The number of aromatic nitrogens is 3. The minimum absolute atomic E-state index is 0.178. The van der Waals surface area contributed by atoms with Gasteiger partial charge < -0.3 is 13.7 Å². The average Bonchev–Trinajstić information content (AvgIpc) is 4.07. The largest absolute Gasteiger partial charge is 0.313 e. The molecule has 0 N–H and O–H groups in total. The maximum Gasteiger partial charge on any atom is 0.0541 e. The first kappa shape index (κ1) is 37.3. The molecule has 0 saturated carbocycles. The van der Waals surface area contributed by atoms with E-state index < -0.39 is 0 Å². The van der Waals surface area contributed by atoms with Gasteiger partial charge >= 0.3 is 0 Å². The van der Waals surface area contributed by atoms with Crippen molar-refractivity contribution in [2.75, 3.05) is 0 Å². The lowest BCUT2D eigenvalue weighted by atomic mass is 9.81. The minimum atomic E-state index is -0.178. The second-order valence-electron chi connectivity index (χ2n) is 18.8. The van der Waals surface area contributed by atoms with E-state index >= 15 is 0 Å². The van der Waals surface area contributed by atoms with Crippen LogP contribution in [0.2, 0.25) is 0 Å². The lowest BCUT2D eigenvalue weighted by Gasteiger charge is -2.23. The van der Waals surface area contributed by atoms with Gasteiger partial charge in [-0.1, -0.05) is 135 Å². The van der Waals surface area contributed by atoms with Crippen LogP contribution >= 0.6 is 0 Å². The first-order chi connectivity index (χ1) is 32.5. The van der Waals surface area contributed by atoms with Crippen LogP contribution < -0.4 is 0 Å². The van der Waals surface area contributed by atoms with Gasteiger partial charge in [-0.05, 0) is 148 Å². The minimum Gasteiger partial charge on any atom is -0.313 e. The van der Waals surface area contributed by atoms with Gasteiger partial charge in [-0.3, -0.25) is 0 Å². The summed E-state index contributed by atoms with van der Waals surface area (Å²) in [4.78, 5) is 0. The molecular weight excluding hydrogens is 799 g/mol. The van der Waals surface area contributed by atoms with Crippen LogP contribution in [0, 0.1) is 0 Å². The Balaban J connectivity index is 0.849. The van der Waals surface area contributed by atoms with Gasteiger partial charge in [0.25, 0.3) is 0 Å². The van der Waals surface area contributed by atoms with Crippen molar-refractivity contribution in [3.63, 3.8) is 0 Å². The third kappa shape index (κ3) is 5.31. The fraction of sp³-hybridized carbons (Fsp3) is 0.0794. The maximum atomic E-state index is 2.56. The van der Waals surface area contributed by atoms with Gasteiger partial charge in [-0.15, -0.1) is 0 Å². The van der Waals surface area contributed by atoms with Crippen LogP contribution in [0.4, 0.5) is 0 Å². The molecule has 2 aliphatic carbocycles. The lowest BCUT2D eigenvalue weighted by molar-refractivity contribution is 0.660. The summed E-state index contributed by atoms with van der Waals surface area (Å²) in [7, 11) is 0. The van der Waals surface area contributed by atoms with Crippen molar-refractivity contribution in [2.45, 2.75) is 32.1 Å². The van der Waals surface area contributed by atoms with Crippen molar-refractivity contribution < 1.29 is 0 Å². The predicted octanol–water partition coefficient (Wildman–Crippen LogP) is 16.4. The Kier molecular flexibility index (Phi) is 7.86. The second-order valence-corrected chi connectivity index (χ2v) is 18.8. The van der Waals surface area contributed by atoms with Gasteiger partial charge in [0.05, 0.1) is 27.6 Å². The number of hydrogen-bond donors (Lipinski definition) is 0. The van der Waals surface area contributed by atoms with Crippen LogP contribution in [0.5, 0.6) is 0 Å². The van der Waals surface area contributed by atoms with E-state index in [4.69, 9.17) is 0 Å². The Morgan fingerprint density at radius 1 is 0.364 bits per heavy atom. The molecule has 14 rings (SSSR count). The standard InChI is InChI=1S/C63H45N3/c1-63(2)55-38-43(42-28-33-61-53(37-42)50-20-10-13-23-58(50)65(61)45-17-7-4-8-18-45)25-30-47(55)48-31-29-46(39-56(48)63)66-59-24-14-11-21-51(59)54-36-41(27-34-62(54)66)40-26-32-60-52(35-40)49-19-9-12-22-57(49)64(60)44-15-5-3-6-16-44/h3-13,15-23,25-39H,14,24H2,1-2H3. The number of para-hydroxylation sites is 4. The Morgan fingerprint density at radius 2 is 0.818 bits per heavy atom. The van der Waals surface area contributed by atoms with Crippen molar-refractivity contribution in [3.05, 3.63) is 229 Å². The number of rotatable bonds is 5. The fourth-order valence-electron chi connectivity index (χ4n) is 11.8. The van der Waals surface area contributed by atoms with Gasteiger partial charge in [0.15, 0.2) is 0 Å². The molecule has 3 nitrogen and oxygen atoms in total. The van der Waals surface area contributed by atoms with Crippen LogP contribution in [-0.2, 0) is 11.8 Å². The molecule has 2 aliphatic rings. The maximum absolute atomic E-state index is 2.56. The van der Waals surface area contributed by atoms with E-state index in [1.807, 2.05) is 0 Å². The Hall–Kier alpha value is -8.14. The fourth-order valence-corrected chi connectivity index (χ4v) is 11.8. The SMILES string of the molecule is CC1(C)c2cc(-c3ccc4c(c3)c3ccccc3n4-c3ccccc3)ccc2-c2ccc(-n3c4c(c5cc(-c6ccc7c(c6)c6ccccc6n7-c6ccccc6)ccc53)C=CCC4)cc21. The van der Waals surface area contributed by atoms with E-state index in [0.717, 1.165) is 12.8 Å². The van der Waals surface area contributed by atoms with Crippen molar-refractivity contribution in [1.82, 2.24) is 13.7 Å². The first-order valence-corrected chi connectivity index (χ1v) is 23.3. The lowest BCUT2D eigenvalue weighted by Crippen LogP contribution is -2.15. The van der Waals surface area contributed by atoms with Gasteiger partial charge in [0, 0.05) is 60.7 Å². The van der Waals surface area contributed by atoms with Crippen LogP contribution in [0.3, 0.4) is 0 Å². The molecule has 0 saturated heterocycles. The predicted molar refractivity (Wildman–Crippen MR) is 278 cm³/mol. The molecule has 312 valence electrons. The smallest absolute Gasteiger partial charge is 0.0541 e. The molecule has 0 aliphatic heterocycles. The highest BCUT2D eigenvalue weighted by Crippen LogP contribution is 2.51. The summed E-state index contributed by atoms with van der Waals surface area (Å²) in [6.07, 6.45) is 6.77. The quantitative estimate of drug-likeness (QED) is 0.164. The van der Waals surface area contributed by atoms with Crippen molar-refractivity contribution in [1.29, 1.82) is 0 Å². The van der Waals surface area contributed by atoms with Crippen LogP contribution in [0.1, 0.15) is 42.7 Å². The number of fused-ring (bicyclic) bond motifs is 12. The summed E-state index contributed by atoms with van der Waals surface area (Å²) in [6, 6.07) is 74.5. The Morgan fingerprint density at radius 3 is 1.41 bits per heavy atom. The zero-order chi connectivity index (χ0) is 43.7. The molecular formula is C63H45N3. The molecule has 0 atom stereocenters. The van der Waals surface area contributed by atoms with Gasteiger partial charge in [-0.2, -0.15) is 0 Å². The normalized spacial score (nSPS) is 13.8. The van der Waals surface area contributed by atoms with Crippen LogP contribution in [-0.4, -0.2) is 13.7 Å². The second kappa shape index (κ2) is 13.9. The van der Waals surface area contributed by atoms with E-state index in [0.29, 0.717) is 0 Å². The van der Waals surface area contributed by atoms with Gasteiger partial charge in [0.1, 0.15) is 0 Å². The molecule has 12 aromatic rings. The summed E-state index contributed by atoms with van der Waals surface area (Å²) in [5, 5.41) is 6.40. The topological polar surface area (TPSA) is 14.8 Å². The molecule has 3 heterocycles.